The molecule has 1 rings (SSSR count). The Hall–Kier alpha value is -0.0800. The maximum absolute atomic E-state index is 6.35. The quantitative estimate of drug-likeness (QED) is 0.686. The SMILES string of the molecule is CC(C)CCCOC1(CNC(C)(C)C)CCCCC1. The van der Waals surface area contributed by atoms with Gasteiger partial charge in [0, 0.05) is 18.7 Å². The molecule has 0 aliphatic heterocycles. The molecule has 19 heavy (non-hydrogen) atoms. The molecule has 114 valence electrons. The molecule has 1 N–H and O–H groups in total. The van der Waals surface area contributed by atoms with Gasteiger partial charge in [0.1, 0.15) is 0 Å². The predicted octanol–water partition coefficient (Wildman–Crippen LogP) is 4.53. The van der Waals surface area contributed by atoms with Crippen LogP contribution in [-0.2, 0) is 4.74 Å². The number of rotatable bonds is 7. The van der Waals surface area contributed by atoms with Gasteiger partial charge in [0.25, 0.3) is 0 Å². The minimum atomic E-state index is 0.114. The first-order valence-electron chi connectivity index (χ1n) is 8.22. The molecule has 0 bridgehead atoms. The second-order valence-corrected chi connectivity index (χ2v) is 7.73. The van der Waals surface area contributed by atoms with E-state index in [1.54, 1.807) is 0 Å². The summed E-state index contributed by atoms with van der Waals surface area (Å²) in [7, 11) is 0. The molecule has 0 aromatic carbocycles. The molecule has 1 saturated carbocycles. The first-order valence-corrected chi connectivity index (χ1v) is 8.22. The minimum absolute atomic E-state index is 0.114. The fourth-order valence-electron chi connectivity index (χ4n) is 2.77. The van der Waals surface area contributed by atoms with Crippen molar-refractivity contribution in [1.29, 1.82) is 0 Å². The lowest BCUT2D eigenvalue weighted by Gasteiger charge is -2.39. The van der Waals surface area contributed by atoms with Crippen LogP contribution in [0, 0.1) is 5.92 Å². The Kier molecular flexibility index (Phi) is 6.82. The molecule has 2 heteroatoms. The van der Waals surface area contributed by atoms with E-state index in [1.165, 1.54) is 44.9 Å². The topological polar surface area (TPSA) is 21.3 Å². The second kappa shape index (κ2) is 7.64. The zero-order chi connectivity index (χ0) is 14.4. The van der Waals surface area contributed by atoms with Crippen LogP contribution in [0.4, 0.5) is 0 Å². The zero-order valence-corrected chi connectivity index (χ0v) is 13.8. The Balaban J connectivity index is 2.41. The lowest BCUT2D eigenvalue weighted by molar-refractivity contribution is -0.0729. The van der Waals surface area contributed by atoms with E-state index in [9.17, 15) is 0 Å². The van der Waals surface area contributed by atoms with E-state index in [0.717, 1.165) is 19.1 Å². The lowest BCUT2D eigenvalue weighted by Crippen LogP contribution is -2.50. The van der Waals surface area contributed by atoms with Crippen molar-refractivity contribution in [3.63, 3.8) is 0 Å². The predicted molar refractivity (Wildman–Crippen MR) is 83.6 cm³/mol. The van der Waals surface area contributed by atoms with E-state index < -0.39 is 0 Å². The summed E-state index contributed by atoms with van der Waals surface area (Å²) in [4.78, 5) is 0. The normalized spacial score (nSPS) is 19.9. The van der Waals surface area contributed by atoms with E-state index in [2.05, 4.69) is 39.9 Å². The monoisotopic (exact) mass is 269 g/mol. The Morgan fingerprint density at radius 1 is 1.11 bits per heavy atom. The highest BCUT2D eigenvalue weighted by atomic mass is 16.5. The van der Waals surface area contributed by atoms with Gasteiger partial charge in [0.05, 0.1) is 5.60 Å². The van der Waals surface area contributed by atoms with Crippen LogP contribution in [0.3, 0.4) is 0 Å². The highest BCUT2D eigenvalue weighted by molar-refractivity contribution is 4.89. The molecule has 0 aromatic rings. The van der Waals surface area contributed by atoms with E-state index in [-0.39, 0.29) is 11.1 Å². The average Bonchev–Trinajstić information content (AvgIpc) is 2.33. The van der Waals surface area contributed by atoms with Crippen LogP contribution in [0.15, 0.2) is 0 Å². The van der Waals surface area contributed by atoms with Gasteiger partial charge < -0.3 is 10.1 Å². The van der Waals surface area contributed by atoms with Crippen molar-refractivity contribution in [2.45, 2.75) is 90.7 Å². The molecule has 0 radical (unpaired) electrons. The van der Waals surface area contributed by atoms with Gasteiger partial charge in [0.15, 0.2) is 0 Å². The summed E-state index contributed by atoms with van der Waals surface area (Å²) in [5, 5.41) is 3.66. The molecule has 0 heterocycles. The Bertz CT molecular complexity index is 236. The summed E-state index contributed by atoms with van der Waals surface area (Å²) in [5.41, 5.74) is 0.300. The van der Waals surface area contributed by atoms with Crippen LogP contribution in [0.5, 0.6) is 0 Å². The van der Waals surface area contributed by atoms with Crippen molar-refractivity contribution < 1.29 is 4.74 Å². The van der Waals surface area contributed by atoms with Gasteiger partial charge in [-0.15, -0.1) is 0 Å². The number of nitrogens with one attached hydrogen (secondary N) is 1. The molecule has 1 fully saturated rings. The molecule has 0 unspecified atom stereocenters. The van der Waals surface area contributed by atoms with Gasteiger partial charge in [-0.1, -0.05) is 33.1 Å². The van der Waals surface area contributed by atoms with Crippen LogP contribution in [0.25, 0.3) is 0 Å². The average molecular weight is 269 g/mol. The summed E-state index contributed by atoms with van der Waals surface area (Å²) in [6, 6.07) is 0. The largest absolute Gasteiger partial charge is 0.374 e. The lowest BCUT2D eigenvalue weighted by atomic mass is 9.84. The first-order chi connectivity index (χ1) is 8.83. The molecular formula is C17H35NO. The van der Waals surface area contributed by atoms with Crippen LogP contribution in [-0.4, -0.2) is 24.3 Å². The summed E-state index contributed by atoms with van der Waals surface area (Å²) in [6.45, 7) is 13.2. The zero-order valence-electron chi connectivity index (χ0n) is 13.8. The van der Waals surface area contributed by atoms with Gasteiger partial charge >= 0.3 is 0 Å². The van der Waals surface area contributed by atoms with E-state index in [4.69, 9.17) is 4.74 Å². The third kappa shape index (κ3) is 7.31. The third-order valence-corrected chi connectivity index (χ3v) is 4.04. The summed E-state index contributed by atoms with van der Waals surface area (Å²) < 4.78 is 6.35. The number of ether oxygens (including phenoxy) is 1. The molecule has 0 aromatic heterocycles. The maximum atomic E-state index is 6.35. The molecule has 2 nitrogen and oxygen atoms in total. The van der Waals surface area contributed by atoms with E-state index >= 15 is 0 Å². The molecule has 0 atom stereocenters. The van der Waals surface area contributed by atoms with Gasteiger partial charge in [-0.25, -0.2) is 0 Å². The van der Waals surface area contributed by atoms with Gasteiger partial charge in [-0.2, -0.15) is 0 Å². The highest BCUT2D eigenvalue weighted by Crippen LogP contribution is 2.32. The van der Waals surface area contributed by atoms with Gasteiger partial charge in [-0.05, 0) is 52.4 Å². The molecular weight excluding hydrogens is 234 g/mol. The van der Waals surface area contributed by atoms with Gasteiger partial charge in [0.2, 0.25) is 0 Å². The summed E-state index contributed by atoms with van der Waals surface area (Å²) in [6.07, 6.45) is 8.99. The first kappa shape index (κ1) is 17.0. The van der Waals surface area contributed by atoms with Crippen molar-refractivity contribution in [1.82, 2.24) is 5.32 Å². The Morgan fingerprint density at radius 2 is 1.74 bits per heavy atom. The Labute approximate surface area is 120 Å². The fourth-order valence-corrected chi connectivity index (χ4v) is 2.77. The molecule has 1 aliphatic carbocycles. The van der Waals surface area contributed by atoms with Crippen molar-refractivity contribution in [2.24, 2.45) is 5.92 Å². The van der Waals surface area contributed by atoms with Crippen LogP contribution in [0.2, 0.25) is 0 Å². The third-order valence-electron chi connectivity index (χ3n) is 4.04. The second-order valence-electron chi connectivity index (χ2n) is 7.73. The Morgan fingerprint density at radius 3 is 2.26 bits per heavy atom. The summed E-state index contributed by atoms with van der Waals surface area (Å²) in [5.74, 6) is 0.790. The number of hydrogen-bond acceptors (Lipinski definition) is 2. The number of hydrogen-bond donors (Lipinski definition) is 1. The van der Waals surface area contributed by atoms with Crippen molar-refractivity contribution in [3.8, 4) is 0 Å². The van der Waals surface area contributed by atoms with E-state index in [0.29, 0.717) is 0 Å². The fraction of sp³-hybridized carbons (Fsp3) is 1.00. The van der Waals surface area contributed by atoms with Crippen molar-refractivity contribution >= 4 is 0 Å². The van der Waals surface area contributed by atoms with Crippen molar-refractivity contribution in [2.75, 3.05) is 13.2 Å². The molecule has 1 aliphatic rings. The van der Waals surface area contributed by atoms with Gasteiger partial charge in [-0.3, -0.25) is 0 Å². The standard InChI is InChI=1S/C17H35NO/c1-15(2)10-9-13-19-17(11-7-6-8-12-17)14-18-16(3,4)5/h15,18H,6-14H2,1-5H3. The molecule has 0 spiro atoms. The van der Waals surface area contributed by atoms with Crippen molar-refractivity contribution in [3.05, 3.63) is 0 Å². The minimum Gasteiger partial charge on any atom is -0.374 e. The summed E-state index contributed by atoms with van der Waals surface area (Å²) >= 11 is 0. The van der Waals surface area contributed by atoms with Crippen LogP contribution >= 0.6 is 0 Å². The van der Waals surface area contributed by atoms with Crippen LogP contribution < -0.4 is 5.32 Å². The molecule has 0 saturated heterocycles. The van der Waals surface area contributed by atoms with E-state index in [1.807, 2.05) is 0 Å². The highest BCUT2D eigenvalue weighted by Gasteiger charge is 2.33. The maximum Gasteiger partial charge on any atom is 0.0806 e. The molecule has 0 amide bonds. The smallest absolute Gasteiger partial charge is 0.0806 e. The van der Waals surface area contributed by atoms with Crippen LogP contribution in [0.1, 0.15) is 79.6 Å².